The van der Waals surface area contributed by atoms with Crippen LogP contribution >= 0.6 is 22.9 Å². The van der Waals surface area contributed by atoms with Crippen molar-refractivity contribution in [2.75, 3.05) is 4.90 Å². The third kappa shape index (κ3) is 2.46. The molecule has 5 aliphatic rings. The van der Waals surface area contributed by atoms with Crippen LogP contribution in [0.15, 0.2) is 29.4 Å². The Morgan fingerprint density at radius 3 is 2.64 bits per heavy atom. The smallest absolute Gasteiger partial charge is 0.238 e. The fourth-order valence-corrected chi connectivity index (χ4v) is 8.62. The third-order valence-electron chi connectivity index (χ3n) is 8.31. The second kappa shape index (κ2) is 6.91. The van der Waals surface area contributed by atoms with Crippen molar-refractivity contribution < 1.29 is 14.4 Å². The number of anilines is 1. The van der Waals surface area contributed by atoms with E-state index in [4.69, 9.17) is 16.4 Å². The number of halogens is 1. The average molecular weight is 478 g/mol. The van der Waals surface area contributed by atoms with Crippen LogP contribution in [0.3, 0.4) is 0 Å². The summed E-state index contributed by atoms with van der Waals surface area (Å²) in [5, 5.41) is 15.4. The van der Waals surface area contributed by atoms with Gasteiger partial charge in [-0.05, 0) is 49.7 Å². The van der Waals surface area contributed by atoms with Crippen molar-refractivity contribution in [3.8, 4) is 6.07 Å². The highest BCUT2D eigenvalue weighted by Crippen LogP contribution is 2.62. The number of oxime groups is 1. The van der Waals surface area contributed by atoms with E-state index in [2.05, 4.69) is 11.2 Å². The predicted molar refractivity (Wildman–Crippen MR) is 123 cm³/mol. The molecule has 3 heterocycles. The van der Waals surface area contributed by atoms with Gasteiger partial charge in [-0.3, -0.25) is 9.59 Å². The Morgan fingerprint density at radius 2 is 1.85 bits per heavy atom. The maximum Gasteiger partial charge on any atom is 0.238 e. The number of imide groups is 1. The summed E-state index contributed by atoms with van der Waals surface area (Å²) in [7, 11) is 0. The zero-order valence-electron chi connectivity index (χ0n) is 17.7. The molecule has 33 heavy (non-hydrogen) atoms. The summed E-state index contributed by atoms with van der Waals surface area (Å²) in [6, 6.07) is 9.86. The van der Waals surface area contributed by atoms with Gasteiger partial charge in [-0.15, -0.1) is 11.3 Å². The molecule has 1 saturated heterocycles. The van der Waals surface area contributed by atoms with Crippen molar-refractivity contribution in [3.05, 3.63) is 50.9 Å². The zero-order valence-corrected chi connectivity index (χ0v) is 19.2. The molecule has 0 radical (unpaired) electrons. The minimum absolute atomic E-state index is 0.0101. The highest BCUT2D eigenvalue weighted by Gasteiger charge is 2.70. The number of aryl methyl sites for hydroxylation is 1. The Bertz CT molecular complexity index is 1310. The zero-order chi connectivity index (χ0) is 22.4. The first kappa shape index (κ1) is 19.7. The van der Waals surface area contributed by atoms with Crippen LogP contribution in [0, 0.1) is 40.9 Å². The molecule has 0 spiro atoms. The second-order valence-corrected chi connectivity index (χ2v) is 11.2. The standard InChI is InChI=1S/C25H20ClN3O3S/c26-16-7-3-1-6-12(16)21-20-13-9-14(22(20)32-28-21)19-18(13)23(30)29(24(19)31)25-15(10-27)11-5-2-4-8-17(11)33-25/h1,3,6-7,13-14,18-20,22H,2,4-5,8-9H2/t13-,14+,18+,19-,20+,22+/m0/s1. The maximum atomic E-state index is 13.8. The molecule has 166 valence electrons. The van der Waals surface area contributed by atoms with Gasteiger partial charge in [0, 0.05) is 27.3 Å². The Kier molecular flexibility index (Phi) is 4.13. The molecule has 2 aromatic rings. The summed E-state index contributed by atoms with van der Waals surface area (Å²) in [6.45, 7) is 0. The van der Waals surface area contributed by atoms with Crippen molar-refractivity contribution in [3.63, 3.8) is 0 Å². The normalized spacial score (nSPS) is 33.5. The number of rotatable bonds is 2. The molecular formula is C25H20ClN3O3S. The van der Waals surface area contributed by atoms with E-state index in [9.17, 15) is 14.9 Å². The molecule has 3 fully saturated rings. The third-order valence-corrected chi connectivity index (χ3v) is 9.91. The second-order valence-electron chi connectivity index (χ2n) is 9.68. The molecule has 1 aromatic heterocycles. The lowest BCUT2D eigenvalue weighted by molar-refractivity contribution is -0.125. The van der Waals surface area contributed by atoms with Gasteiger partial charge in [0.15, 0.2) is 0 Å². The summed E-state index contributed by atoms with van der Waals surface area (Å²) < 4.78 is 0. The quantitative estimate of drug-likeness (QED) is 0.603. The Labute approximate surface area is 199 Å². The van der Waals surface area contributed by atoms with Gasteiger partial charge < -0.3 is 4.84 Å². The molecule has 6 atom stereocenters. The van der Waals surface area contributed by atoms with Crippen molar-refractivity contribution in [2.45, 2.75) is 38.2 Å². The van der Waals surface area contributed by atoms with Gasteiger partial charge in [0.2, 0.25) is 11.8 Å². The van der Waals surface area contributed by atoms with Gasteiger partial charge in [-0.25, -0.2) is 4.90 Å². The molecule has 2 amide bonds. The fraction of sp³-hybridized carbons (Fsp3) is 0.440. The minimum atomic E-state index is -0.393. The Hall–Kier alpha value is -2.69. The number of carbonyl (C=O) groups excluding carboxylic acids is 2. The van der Waals surface area contributed by atoms with E-state index in [1.165, 1.54) is 16.2 Å². The first-order chi connectivity index (χ1) is 16.1. The number of nitriles is 1. The average Bonchev–Trinajstić information content (AvgIpc) is 3.60. The molecule has 7 rings (SSSR count). The summed E-state index contributed by atoms with van der Waals surface area (Å²) >= 11 is 7.91. The van der Waals surface area contributed by atoms with E-state index in [1.54, 1.807) is 0 Å². The van der Waals surface area contributed by atoms with Crippen LogP contribution in [0.25, 0.3) is 0 Å². The summed E-state index contributed by atoms with van der Waals surface area (Å²) in [4.78, 5) is 35.8. The number of thiophene rings is 1. The number of hydrogen-bond acceptors (Lipinski definition) is 6. The first-order valence-corrected chi connectivity index (χ1v) is 12.7. The fourth-order valence-electron chi connectivity index (χ4n) is 7.04. The van der Waals surface area contributed by atoms with Crippen LogP contribution in [0.5, 0.6) is 0 Å². The van der Waals surface area contributed by atoms with Crippen LogP contribution in [-0.2, 0) is 27.3 Å². The molecular weight excluding hydrogens is 458 g/mol. The largest absolute Gasteiger partial charge is 0.391 e. The molecule has 0 unspecified atom stereocenters. The maximum absolute atomic E-state index is 13.8. The molecule has 2 aliphatic heterocycles. The summed E-state index contributed by atoms with van der Waals surface area (Å²) in [5.74, 6) is -1.20. The van der Waals surface area contributed by atoms with E-state index < -0.39 is 5.92 Å². The van der Waals surface area contributed by atoms with E-state index in [0.29, 0.717) is 15.6 Å². The molecule has 2 bridgehead atoms. The molecule has 0 N–H and O–H groups in total. The van der Waals surface area contributed by atoms with Crippen molar-refractivity contribution in [1.82, 2.24) is 0 Å². The molecule has 8 heteroatoms. The van der Waals surface area contributed by atoms with Crippen LogP contribution < -0.4 is 4.90 Å². The predicted octanol–water partition coefficient (Wildman–Crippen LogP) is 4.33. The van der Waals surface area contributed by atoms with Gasteiger partial charge >= 0.3 is 0 Å². The molecule has 6 nitrogen and oxygen atoms in total. The van der Waals surface area contributed by atoms with Crippen LogP contribution in [0.4, 0.5) is 5.00 Å². The Balaban J connectivity index is 1.27. The lowest BCUT2D eigenvalue weighted by atomic mass is 9.71. The van der Waals surface area contributed by atoms with E-state index in [1.807, 2.05) is 24.3 Å². The highest BCUT2D eigenvalue weighted by atomic mass is 35.5. The van der Waals surface area contributed by atoms with Crippen LogP contribution in [0.1, 0.15) is 40.8 Å². The number of fused-ring (bicyclic) bond motifs is 9. The molecule has 1 aromatic carbocycles. The number of amides is 2. The molecule has 3 aliphatic carbocycles. The highest BCUT2D eigenvalue weighted by molar-refractivity contribution is 7.17. The Morgan fingerprint density at radius 1 is 1.09 bits per heavy atom. The summed E-state index contributed by atoms with van der Waals surface area (Å²) in [5.41, 5.74) is 3.19. The topological polar surface area (TPSA) is 82.8 Å². The molecule has 2 saturated carbocycles. The number of benzene rings is 1. The van der Waals surface area contributed by atoms with E-state index in [0.717, 1.165) is 53.8 Å². The van der Waals surface area contributed by atoms with Gasteiger partial charge in [-0.1, -0.05) is 35.0 Å². The monoisotopic (exact) mass is 477 g/mol. The van der Waals surface area contributed by atoms with Gasteiger partial charge in [0.1, 0.15) is 17.2 Å². The van der Waals surface area contributed by atoms with Crippen molar-refractivity contribution in [1.29, 1.82) is 5.26 Å². The van der Waals surface area contributed by atoms with Gasteiger partial charge in [-0.2, -0.15) is 5.26 Å². The van der Waals surface area contributed by atoms with Gasteiger partial charge in [0.25, 0.3) is 0 Å². The number of nitrogens with zero attached hydrogens (tertiary/aromatic N) is 3. The van der Waals surface area contributed by atoms with Crippen LogP contribution in [0.2, 0.25) is 5.02 Å². The minimum Gasteiger partial charge on any atom is -0.391 e. The van der Waals surface area contributed by atoms with Crippen molar-refractivity contribution in [2.24, 2.45) is 34.7 Å². The van der Waals surface area contributed by atoms with E-state index >= 15 is 0 Å². The lowest BCUT2D eigenvalue weighted by Crippen LogP contribution is -2.41. The SMILES string of the molecule is N#Cc1c(N2C(=O)[C@@H]3[C@@H]4C[C@@H]([C@H]5ON=C(c6ccccc6Cl)[C@@H]45)[C@@H]3C2=O)sc2c1CCCC2. The number of hydrogen-bond donors (Lipinski definition) is 0. The van der Waals surface area contributed by atoms with E-state index in [-0.39, 0.29) is 41.6 Å². The lowest BCUT2D eigenvalue weighted by Gasteiger charge is -2.29. The first-order valence-electron chi connectivity index (χ1n) is 11.5. The van der Waals surface area contributed by atoms with Crippen LogP contribution in [-0.4, -0.2) is 23.6 Å². The number of carbonyl (C=O) groups is 2. The van der Waals surface area contributed by atoms with Gasteiger partial charge in [0.05, 0.1) is 23.1 Å². The van der Waals surface area contributed by atoms with Crippen molar-refractivity contribution >= 4 is 45.5 Å². The summed E-state index contributed by atoms with van der Waals surface area (Å²) in [6.07, 6.45) is 4.47.